The molecule has 2 aromatic heterocycles. The zero-order chi connectivity index (χ0) is 17.2. The zero-order valence-electron chi connectivity index (χ0n) is 13.9. The van der Waals surface area contributed by atoms with Crippen molar-refractivity contribution in [3.05, 3.63) is 53.2 Å². The van der Waals surface area contributed by atoms with E-state index >= 15 is 0 Å². The minimum atomic E-state index is -0.301. The van der Waals surface area contributed by atoms with Crippen molar-refractivity contribution in [1.29, 1.82) is 0 Å². The third kappa shape index (κ3) is 3.70. The molecule has 1 aliphatic carbocycles. The topological polar surface area (TPSA) is 54.9 Å². The zero-order valence-corrected chi connectivity index (χ0v) is 15.6. The maximum Gasteiger partial charge on any atom is 0.238 e. The number of carbonyl (C=O) groups excluding carboxylic acids is 1. The number of nitrogens with zero attached hydrogens (tertiary/aromatic N) is 2. The van der Waals surface area contributed by atoms with Gasteiger partial charge in [-0.2, -0.15) is 0 Å². The Balaban J connectivity index is 1.68. The predicted octanol–water partition coefficient (Wildman–Crippen LogP) is 4.37. The molecule has 0 saturated heterocycles. The molecule has 3 aromatic rings. The van der Waals surface area contributed by atoms with E-state index in [1.54, 1.807) is 17.7 Å². The summed E-state index contributed by atoms with van der Waals surface area (Å²) in [5.74, 6) is 0.0661. The fraction of sp³-hybridized carbons (Fsp3) is 0.316. The number of aryl methyl sites for hydroxylation is 1. The van der Waals surface area contributed by atoms with Crippen molar-refractivity contribution in [2.45, 2.75) is 42.5 Å². The molecule has 4 nitrogen and oxygen atoms in total. The van der Waals surface area contributed by atoms with Crippen molar-refractivity contribution in [2.75, 3.05) is 0 Å². The summed E-state index contributed by atoms with van der Waals surface area (Å²) < 4.78 is 0. The lowest BCUT2D eigenvalue weighted by atomic mass is 10.1. The molecule has 0 aliphatic heterocycles. The first-order valence-electron chi connectivity index (χ1n) is 8.50. The Kier molecular flexibility index (Phi) is 4.72. The molecule has 1 saturated carbocycles. The van der Waals surface area contributed by atoms with Gasteiger partial charge in [-0.15, -0.1) is 11.3 Å². The predicted molar refractivity (Wildman–Crippen MR) is 103 cm³/mol. The van der Waals surface area contributed by atoms with Gasteiger partial charge in [0.2, 0.25) is 5.91 Å². The molecule has 0 bridgehead atoms. The number of hydrogen-bond acceptors (Lipinski definition) is 5. The van der Waals surface area contributed by atoms with Gasteiger partial charge in [0.1, 0.15) is 21.4 Å². The minimum absolute atomic E-state index is 0.0661. The van der Waals surface area contributed by atoms with Crippen LogP contribution >= 0.6 is 23.1 Å². The lowest BCUT2D eigenvalue weighted by Crippen LogP contribution is -2.29. The van der Waals surface area contributed by atoms with Gasteiger partial charge in [-0.3, -0.25) is 4.79 Å². The third-order valence-electron chi connectivity index (χ3n) is 4.19. The standard InChI is InChI=1S/C19H19N3OS2/c1-2-14-10-15-18(24-14)20-11-21-19(15)25-16(12-6-4-3-5-7-12)17(23)22-13-8-9-13/h3-7,10-11,13,16H,2,8-9H2,1H3,(H,22,23)/t16-/m0/s1. The van der Waals surface area contributed by atoms with Gasteiger partial charge >= 0.3 is 0 Å². The number of thiophene rings is 1. The quantitative estimate of drug-likeness (QED) is 0.518. The molecule has 1 amide bonds. The monoisotopic (exact) mass is 369 g/mol. The average Bonchev–Trinajstić information content (AvgIpc) is 3.34. The molecular weight excluding hydrogens is 350 g/mol. The largest absolute Gasteiger partial charge is 0.352 e. The SMILES string of the molecule is CCc1cc2c(S[C@H](C(=O)NC3CC3)c3ccccc3)ncnc2s1. The van der Waals surface area contributed by atoms with E-state index in [0.29, 0.717) is 6.04 Å². The summed E-state index contributed by atoms with van der Waals surface area (Å²) in [4.78, 5) is 24.0. The number of fused-ring (bicyclic) bond motifs is 1. The smallest absolute Gasteiger partial charge is 0.238 e. The van der Waals surface area contributed by atoms with Crippen molar-refractivity contribution < 1.29 is 4.79 Å². The molecule has 128 valence electrons. The van der Waals surface area contributed by atoms with Gasteiger partial charge < -0.3 is 5.32 Å². The summed E-state index contributed by atoms with van der Waals surface area (Å²) >= 11 is 3.21. The van der Waals surface area contributed by atoms with Gasteiger partial charge in [0, 0.05) is 16.3 Å². The van der Waals surface area contributed by atoms with E-state index in [1.165, 1.54) is 16.6 Å². The Morgan fingerprint density at radius 1 is 1.32 bits per heavy atom. The maximum atomic E-state index is 12.8. The Labute approximate surface area is 155 Å². The highest BCUT2D eigenvalue weighted by atomic mass is 32.2. The number of nitrogens with one attached hydrogen (secondary N) is 1. The number of thioether (sulfide) groups is 1. The lowest BCUT2D eigenvalue weighted by molar-refractivity contribution is -0.120. The first-order valence-corrected chi connectivity index (χ1v) is 10.2. The van der Waals surface area contributed by atoms with E-state index in [4.69, 9.17) is 0 Å². The molecule has 0 radical (unpaired) electrons. The van der Waals surface area contributed by atoms with Crippen LogP contribution in [0.1, 0.15) is 35.5 Å². The van der Waals surface area contributed by atoms with E-state index < -0.39 is 0 Å². The highest BCUT2D eigenvalue weighted by molar-refractivity contribution is 8.00. The summed E-state index contributed by atoms with van der Waals surface area (Å²) in [5, 5.41) is 4.76. The second-order valence-electron chi connectivity index (χ2n) is 6.16. The number of amides is 1. The Morgan fingerprint density at radius 3 is 2.84 bits per heavy atom. The van der Waals surface area contributed by atoms with Crippen LogP contribution < -0.4 is 5.32 Å². The van der Waals surface area contributed by atoms with Crippen LogP contribution in [0.3, 0.4) is 0 Å². The van der Waals surface area contributed by atoms with Crippen molar-refractivity contribution in [1.82, 2.24) is 15.3 Å². The van der Waals surface area contributed by atoms with Crippen molar-refractivity contribution in [2.24, 2.45) is 0 Å². The molecule has 1 aromatic carbocycles. The van der Waals surface area contributed by atoms with Gasteiger partial charge in [-0.05, 0) is 30.9 Å². The van der Waals surface area contributed by atoms with Crippen molar-refractivity contribution in [3.8, 4) is 0 Å². The van der Waals surface area contributed by atoms with Crippen LogP contribution in [0.25, 0.3) is 10.2 Å². The summed E-state index contributed by atoms with van der Waals surface area (Å²) in [7, 11) is 0. The van der Waals surface area contributed by atoms with Gasteiger partial charge in [0.15, 0.2) is 0 Å². The first kappa shape index (κ1) is 16.5. The Morgan fingerprint density at radius 2 is 2.12 bits per heavy atom. The number of carbonyl (C=O) groups is 1. The van der Waals surface area contributed by atoms with E-state index in [9.17, 15) is 4.79 Å². The van der Waals surface area contributed by atoms with E-state index in [2.05, 4.69) is 28.3 Å². The third-order valence-corrected chi connectivity index (χ3v) is 6.64. The highest BCUT2D eigenvalue weighted by Gasteiger charge is 2.29. The minimum Gasteiger partial charge on any atom is -0.352 e. The van der Waals surface area contributed by atoms with Gasteiger partial charge in [0.25, 0.3) is 0 Å². The molecule has 6 heteroatoms. The molecular formula is C19H19N3OS2. The Hall–Kier alpha value is -1.92. The van der Waals surface area contributed by atoms with Crippen LogP contribution in [0, 0.1) is 0 Å². The second-order valence-corrected chi connectivity index (χ2v) is 8.36. The van der Waals surface area contributed by atoms with Crippen molar-refractivity contribution in [3.63, 3.8) is 0 Å². The molecule has 25 heavy (non-hydrogen) atoms. The normalized spacial score (nSPS) is 15.2. The van der Waals surface area contributed by atoms with Gasteiger partial charge in [-0.25, -0.2) is 9.97 Å². The fourth-order valence-electron chi connectivity index (χ4n) is 2.67. The van der Waals surface area contributed by atoms with Gasteiger partial charge in [-0.1, -0.05) is 49.0 Å². The molecule has 0 unspecified atom stereocenters. The van der Waals surface area contributed by atoms with Crippen LogP contribution in [0.15, 0.2) is 47.8 Å². The fourth-order valence-corrected chi connectivity index (χ4v) is 4.75. The molecule has 0 spiro atoms. The van der Waals surface area contributed by atoms with Crippen LogP contribution in [-0.2, 0) is 11.2 Å². The van der Waals surface area contributed by atoms with Crippen LogP contribution in [-0.4, -0.2) is 21.9 Å². The summed E-state index contributed by atoms with van der Waals surface area (Å²) in [6.45, 7) is 2.14. The van der Waals surface area contributed by atoms with E-state index in [1.807, 2.05) is 30.3 Å². The number of benzene rings is 1. The second kappa shape index (κ2) is 7.14. The summed E-state index contributed by atoms with van der Waals surface area (Å²) in [6, 6.07) is 12.4. The summed E-state index contributed by atoms with van der Waals surface area (Å²) in [6.07, 6.45) is 4.75. The van der Waals surface area contributed by atoms with Crippen molar-refractivity contribution >= 4 is 39.2 Å². The van der Waals surface area contributed by atoms with Crippen LogP contribution in [0.5, 0.6) is 0 Å². The number of hydrogen-bond donors (Lipinski definition) is 1. The molecule has 1 fully saturated rings. The lowest BCUT2D eigenvalue weighted by Gasteiger charge is -2.16. The van der Waals surface area contributed by atoms with Crippen LogP contribution in [0.4, 0.5) is 0 Å². The Bertz CT molecular complexity index is 890. The average molecular weight is 370 g/mol. The molecule has 4 rings (SSSR count). The van der Waals surface area contributed by atoms with E-state index in [0.717, 1.165) is 40.1 Å². The molecule has 1 atom stereocenters. The number of rotatable bonds is 6. The van der Waals surface area contributed by atoms with Gasteiger partial charge in [0.05, 0.1) is 0 Å². The summed E-state index contributed by atoms with van der Waals surface area (Å²) in [5.41, 5.74) is 1.00. The highest BCUT2D eigenvalue weighted by Crippen LogP contribution is 2.39. The maximum absolute atomic E-state index is 12.8. The van der Waals surface area contributed by atoms with Crippen LogP contribution in [0.2, 0.25) is 0 Å². The molecule has 2 heterocycles. The number of aromatic nitrogens is 2. The van der Waals surface area contributed by atoms with E-state index in [-0.39, 0.29) is 11.2 Å². The molecule has 1 N–H and O–H groups in total. The molecule has 1 aliphatic rings. The first-order chi connectivity index (χ1) is 12.2.